The molecule has 0 aliphatic carbocycles. The summed E-state index contributed by atoms with van der Waals surface area (Å²) in [6.07, 6.45) is 1.20. The molecule has 31 heavy (non-hydrogen) atoms. The molecule has 0 aliphatic rings. The van der Waals surface area contributed by atoms with Gasteiger partial charge in [-0.2, -0.15) is 0 Å². The number of nitrogens with zero attached hydrogens (tertiary/aromatic N) is 2. The van der Waals surface area contributed by atoms with Gasteiger partial charge in [-0.1, -0.05) is 48.0 Å². The fourth-order valence-corrected chi connectivity index (χ4v) is 3.88. The lowest BCUT2D eigenvalue weighted by Gasteiger charge is -2.13. The average molecular weight is 443 g/mol. The van der Waals surface area contributed by atoms with Crippen molar-refractivity contribution in [1.29, 1.82) is 0 Å². The number of benzene rings is 2. The lowest BCUT2D eigenvalue weighted by molar-refractivity contribution is -0.139. The number of aliphatic carboxylic acids is 1. The summed E-state index contributed by atoms with van der Waals surface area (Å²) in [5.74, 6) is -1.30. The highest BCUT2D eigenvalue weighted by molar-refractivity contribution is 7.90. The zero-order valence-corrected chi connectivity index (χ0v) is 17.5. The van der Waals surface area contributed by atoms with E-state index in [1.807, 2.05) is 13.0 Å². The molecule has 9 nitrogen and oxygen atoms in total. The summed E-state index contributed by atoms with van der Waals surface area (Å²) in [5.41, 5.74) is 1.86. The van der Waals surface area contributed by atoms with Crippen molar-refractivity contribution in [3.63, 3.8) is 0 Å². The first-order valence-corrected chi connectivity index (χ1v) is 10.7. The monoisotopic (exact) mass is 443 g/mol. The van der Waals surface area contributed by atoms with Gasteiger partial charge in [-0.15, -0.1) is 0 Å². The van der Waals surface area contributed by atoms with Crippen LogP contribution >= 0.6 is 0 Å². The van der Waals surface area contributed by atoms with E-state index >= 15 is 0 Å². The molecular weight excluding hydrogens is 422 g/mol. The van der Waals surface area contributed by atoms with Gasteiger partial charge < -0.3 is 15.2 Å². The summed E-state index contributed by atoms with van der Waals surface area (Å²) < 4.78 is 31.3. The quantitative estimate of drug-likeness (QED) is 0.547. The number of aryl methyl sites for hydroxylation is 1. The Morgan fingerprint density at radius 2 is 1.81 bits per heavy atom. The number of amides is 1. The lowest BCUT2D eigenvalue weighted by atomic mass is 10.2. The molecule has 0 fully saturated rings. The lowest BCUT2D eigenvalue weighted by Crippen LogP contribution is -2.42. The first kappa shape index (κ1) is 22.0. The van der Waals surface area contributed by atoms with Crippen molar-refractivity contribution in [2.75, 3.05) is 0 Å². The van der Waals surface area contributed by atoms with Gasteiger partial charge in [0.25, 0.3) is 10.0 Å². The standard InChI is InChI=1S/C21H21N3O6S/c1-15-7-9-18(10-8-15)31(28,29)24-12-17(22-14-24)11-19(20(25)26)23-21(27)30-13-16-5-3-2-4-6-16/h2-10,12,14,19H,11,13H2,1H3,(H,23,27)(H,25,26). The second-order valence-electron chi connectivity index (χ2n) is 6.81. The van der Waals surface area contributed by atoms with Crippen LogP contribution in [0.5, 0.6) is 0 Å². The maximum Gasteiger partial charge on any atom is 0.408 e. The fourth-order valence-electron chi connectivity index (χ4n) is 2.73. The van der Waals surface area contributed by atoms with Crippen LogP contribution in [0.2, 0.25) is 0 Å². The van der Waals surface area contributed by atoms with Gasteiger partial charge in [-0.25, -0.2) is 27.0 Å². The van der Waals surface area contributed by atoms with Crippen molar-refractivity contribution in [3.8, 4) is 0 Å². The minimum atomic E-state index is -3.86. The molecule has 0 bridgehead atoms. The predicted molar refractivity (Wildman–Crippen MR) is 111 cm³/mol. The Labute approximate surface area is 179 Å². The van der Waals surface area contributed by atoms with Gasteiger partial charge in [-0.05, 0) is 24.6 Å². The molecule has 1 atom stereocenters. The van der Waals surface area contributed by atoms with Crippen LogP contribution in [0.15, 0.2) is 72.0 Å². The van der Waals surface area contributed by atoms with E-state index in [1.165, 1.54) is 18.3 Å². The van der Waals surface area contributed by atoms with Crippen LogP contribution in [0.25, 0.3) is 0 Å². The summed E-state index contributed by atoms with van der Waals surface area (Å²) in [5, 5.41) is 11.7. The third kappa shape index (κ3) is 5.70. The molecule has 0 saturated heterocycles. The number of hydrogen-bond donors (Lipinski definition) is 2. The van der Waals surface area contributed by atoms with E-state index in [-0.39, 0.29) is 23.6 Å². The van der Waals surface area contributed by atoms with Crippen LogP contribution in [-0.2, 0) is 32.6 Å². The highest BCUT2D eigenvalue weighted by Gasteiger charge is 2.24. The molecule has 1 aromatic heterocycles. The van der Waals surface area contributed by atoms with Crippen molar-refractivity contribution in [1.82, 2.24) is 14.3 Å². The van der Waals surface area contributed by atoms with Crippen molar-refractivity contribution < 1.29 is 27.9 Å². The Morgan fingerprint density at radius 3 is 2.45 bits per heavy atom. The fraction of sp³-hybridized carbons (Fsp3) is 0.190. The molecule has 1 amide bonds. The minimum Gasteiger partial charge on any atom is -0.480 e. The number of carbonyl (C=O) groups excluding carboxylic acids is 1. The third-order valence-electron chi connectivity index (χ3n) is 4.43. The van der Waals surface area contributed by atoms with Crippen LogP contribution < -0.4 is 5.32 Å². The highest BCUT2D eigenvalue weighted by Crippen LogP contribution is 2.15. The minimum absolute atomic E-state index is 0.0115. The molecule has 10 heteroatoms. The van der Waals surface area contributed by atoms with Gasteiger partial charge in [0.15, 0.2) is 0 Å². The molecule has 0 radical (unpaired) electrons. The number of aromatic nitrogens is 2. The molecule has 0 spiro atoms. The Morgan fingerprint density at radius 1 is 1.13 bits per heavy atom. The Kier molecular flexibility index (Phi) is 6.71. The maximum absolute atomic E-state index is 12.7. The summed E-state index contributed by atoms with van der Waals surface area (Å²) in [4.78, 5) is 27.6. The van der Waals surface area contributed by atoms with Gasteiger partial charge in [-0.3, -0.25) is 0 Å². The number of imidazole rings is 1. The second-order valence-corrected chi connectivity index (χ2v) is 8.66. The van der Waals surface area contributed by atoms with E-state index in [1.54, 1.807) is 36.4 Å². The van der Waals surface area contributed by atoms with Crippen LogP contribution in [0.1, 0.15) is 16.8 Å². The predicted octanol–water partition coefficient (Wildman–Crippen LogP) is 2.35. The van der Waals surface area contributed by atoms with Crippen LogP contribution in [0.4, 0.5) is 4.79 Å². The van der Waals surface area contributed by atoms with Crippen molar-refractivity contribution >= 4 is 22.1 Å². The molecule has 1 heterocycles. The van der Waals surface area contributed by atoms with Gasteiger partial charge in [0.05, 0.1) is 10.6 Å². The van der Waals surface area contributed by atoms with E-state index in [4.69, 9.17) is 4.74 Å². The summed E-state index contributed by atoms with van der Waals surface area (Å²) in [7, 11) is -3.86. The number of carboxylic acids is 1. The molecule has 2 aromatic carbocycles. The molecule has 0 saturated carbocycles. The molecule has 162 valence electrons. The topological polar surface area (TPSA) is 128 Å². The van der Waals surface area contributed by atoms with Gasteiger partial charge in [0.2, 0.25) is 0 Å². The Balaban J connectivity index is 1.65. The zero-order chi connectivity index (χ0) is 22.4. The first-order chi connectivity index (χ1) is 14.8. The normalized spacial score (nSPS) is 12.2. The summed E-state index contributed by atoms with van der Waals surface area (Å²) in [6, 6.07) is 13.9. The zero-order valence-electron chi connectivity index (χ0n) is 16.6. The molecule has 0 aliphatic heterocycles. The van der Waals surface area contributed by atoms with Crippen molar-refractivity contribution in [2.24, 2.45) is 0 Å². The van der Waals surface area contributed by atoms with Crippen LogP contribution in [-0.4, -0.2) is 40.6 Å². The SMILES string of the molecule is Cc1ccc(S(=O)(=O)n2cnc(CC(NC(=O)OCc3ccccc3)C(=O)O)c2)cc1. The van der Waals surface area contributed by atoms with E-state index in [9.17, 15) is 23.1 Å². The summed E-state index contributed by atoms with van der Waals surface area (Å²) in [6.45, 7) is 1.83. The van der Waals surface area contributed by atoms with E-state index in [2.05, 4.69) is 10.3 Å². The highest BCUT2D eigenvalue weighted by atomic mass is 32.2. The second kappa shape index (κ2) is 9.43. The van der Waals surface area contributed by atoms with Gasteiger partial charge in [0.1, 0.15) is 19.0 Å². The number of alkyl carbamates (subject to hydrolysis) is 1. The van der Waals surface area contributed by atoms with Crippen LogP contribution in [0, 0.1) is 6.92 Å². The Bertz CT molecular complexity index is 1160. The molecule has 3 aromatic rings. The number of rotatable bonds is 8. The smallest absolute Gasteiger partial charge is 0.408 e. The van der Waals surface area contributed by atoms with E-state index in [0.717, 1.165) is 21.4 Å². The number of ether oxygens (including phenoxy) is 1. The third-order valence-corrected chi connectivity index (χ3v) is 6.05. The molecule has 1 unspecified atom stereocenters. The van der Waals surface area contributed by atoms with Crippen LogP contribution in [0.3, 0.4) is 0 Å². The van der Waals surface area contributed by atoms with Crippen molar-refractivity contribution in [3.05, 3.63) is 83.9 Å². The van der Waals surface area contributed by atoms with Gasteiger partial charge >= 0.3 is 12.1 Å². The number of hydrogen-bond acceptors (Lipinski definition) is 6. The first-order valence-electron chi connectivity index (χ1n) is 9.31. The number of carbonyl (C=O) groups is 2. The largest absolute Gasteiger partial charge is 0.480 e. The number of carboxylic acid groups (broad SMARTS) is 1. The van der Waals surface area contributed by atoms with E-state index < -0.39 is 28.1 Å². The van der Waals surface area contributed by atoms with Crippen molar-refractivity contribution in [2.45, 2.75) is 30.9 Å². The summed E-state index contributed by atoms with van der Waals surface area (Å²) >= 11 is 0. The molecular formula is C21H21N3O6S. The number of nitrogens with one attached hydrogen (secondary N) is 1. The average Bonchev–Trinajstić information content (AvgIpc) is 3.22. The maximum atomic E-state index is 12.7. The van der Waals surface area contributed by atoms with E-state index in [0.29, 0.717) is 0 Å². The van der Waals surface area contributed by atoms with Gasteiger partial charge in [0, 0.05) is 12.6 Å². The molecule has 3 rings (SSSR count). The Hall–Kier alpha value is -3.66. The molecule has 2 N–H and O–H groups in total.